The summed E-state index contributed by atoms with van der Waals surface area (Å²) in [5.41, 5.74) is 8.37. The van der Waals surface area contributed by atoms with Crippen LogP contribution in [0.5, 0.6) is 0 Å². The predicted molar refractivity (Wildman–Crippen MR) is 84.0 cm³/mol. The summed E-state index contributed by atoms with van der Waals surface area (Å²) >= 11 is 8.29. The third-order valence-corrected chi connectivity index (χ3v) is 5.87. The van der Waals surface area contributed by atoms with Crippen LogP contribution in [0.25, 0.3) is 0 Å². The molecule has 0 amide bonds. The van der Waals surface area contributed by atoms with Crippen LogP contribution in [-0.4, -0.2) is 26.8 Å². The Morgan fingerprint density at radius 1 is 1.42 bits per heavy atom. The van der Waals surface area contributed by atoms with Gasteiger partial charge in [-0.2, -0.15) is 16.9 Å². The summed E-state index contributed by atoms with van der Waals surface area (Å²) in [5, 5.41) is 5.89. The molecular formula is C14H24ClN3S. The minimum Gasteiger partial charge on any atom is -0.327 e. The Hall–Kier alpha value is -0.190. The van der Waals surface area contributed by atoms with Crippen molar-refractivity contribution in [1.82, 2.24) is 9.78 Å². The lowest BCUT2D eigenvalue weighted by Gasteiger charge is -2.22. The number of hydrogen-bond acceptors (Lipinski definition) is 3. The maximum Gasteiger partial charge on any atom is 0.130 e. The van der Waals surface area contributed by atoms with Crippen molar-refractivity contribution < 1.29 is 0 Å². The van der Waals surface area contributed by atoms with Gasteiger partial charge in [0, 0.05) is 29.7 Å². The van der Waals surface area contributed by atoms with E-state index in [0.717, 1.165) is 33.8 Å². The Kier molecular flexibility index (Phi) is 5.60. The Morgan fingerprint density at radius 3 is 2.68 bits per heavy atom. The van der Waals surface area contributed by atoms with Crippen molar-refractivity contribution in [2.45, 2.75) is 56.7 Å². The van der Waals surface area contributed by atoms with Crippen LogP contribution in [0, 0.1) is 6.92 Å². The van der Waals surface area contributed by atoms with Gasteiger partial charge >= 0.3 is 0 Å². The quantitative estimate of drug-likeness (QED) is 0.907. The molecule has 1 heterocycles. The number of hydrogen-bond donors (Lipinski definition) is 1. The Morgan fingerprint density at radius 2 is 2.11 bits per heavy atom. The van der Waals surface area contributed by atoms with Crippen molar-refractivity contribution >= 4 is 23.4 Å². The molecule has 1 aliphatic carbocycles. The summed E-state index contributed by atoms with van der Waals surface area (Å²) in [6.45, 7) is 2.00. The number of thioether (sulfide) groups is 1. The maximum absolute atomic E-state index is 6.25. The molecular weight excluding hydrogens is 278 g/mol. The van der Waals surface area contributed by atoms with Crippen LogP contribution in [-0.2, 0) is 13.5 Å². The summed E-state index contributed by atoms with van der Waals surface area (Å²) in [5.74, 6) is 1.02. The molecule has 3 nitrogen and oxygen atoms in total. The third kappa shape index (κ3) is 4.14. The first-order chi connectivity index (χ1) is 9.08. The normalized spacial score (nSPS) is 18.7. The van der Waals surface area contributed by atoms with Crippen molar-refractivity contribution in [1.29, 1.82) is 0 Å². The van der Waals surface area contributed by atoms with E-state index in [9.17, 15) is 0 Å². The number of halogens is 1. The molecule has 0 spiro atoms. The summed E-state index contributed by atoms with van der Waals surface area (Å²) in [6, 6.07) is 0.173. The predicted octanol–water partition coefficient (Wildman–Crippen LogP) is 3.32. The van der Waals surface area contributed by atoms with Gasteiger partial charge < -0.3 is 5.73 Å². The summed E-state index contributed by atoms with van der Waals surface area (Å²) in [4.78, 5) is 0. The molecule has 2 N–H and O–H groups in total. The standard InChI is InChI=1S/C14H24ClN3S/c1-10-13(14(15)18(2)17-10)8-11(16)9-19-12-6-4-3-5-7-12/h11-12H,3-9,16H2,1-2H3. The summed E-state index contributed by atoms with van der Waals surface area (Å²) < 4.78 is 1.73. The zero-order valence-electron chi connectivity index (χ0n) is 11.9. The minimum absolute atomic E-state index is 0.173. The summed E-state index contributed by atoms with van der Waals surface area (Å²) in [7, 11) is 1.88. The molecule has 0 aromatic carbocycles. The molecule has 19 heavy (non-hydrogen) atoms. The number of aromatic nitrogens is 2. The molecule has 5 heteroatoms. The number of nitrogens with zero attached hydrogens (tertiary/aromatic N) is 2. The van der Waals surface area contributed by atoms with Gasteiger partial charge in [-0.1, -0.05) is 30.9 Å². The van der Waals surface area contributed by atoms with Crippen LogP contribution in [0.3, 0.4) is 0 Å². The van der Waals surface area contributed by atoms with Crippen LogP contribution in [0.15, 0.2) is 0 Å². The van der Waals surface area contributed by atoms with Crippen LogP contribution in [0.1, 0.15) is 43.4 Å². The fourth-order valence-corrected chi connectivity index (χ4v) is 4.27. The SMILES string of the molecule is Cc1nn(C)c(Cl)c1CC(N)CSC1CCCCC1. The van der Waals surface area contributed by atoms with Gasteiger partial charge in [-0.3, -0.25) is 4.68 Å². The molecule has 1 aliphatic rings. The molecule has 1 unspecified atom stereocenters. The van der Waals surface area contributed by atoms with E-state index in [1.54, 1.807) is 4.68 Å². The van der Waals surface area contributed by atoms with E-state index in [4.69, 9.17) is 17.3 Å². The van der Waals surface area contributed by atoms with Crippen LogP contribution in [0.2, 0.25) is 5.15 Å². The fraction of sp³-hybridized carbons (Fsp3) is 0.786. The molecule has 1 fully saturated rings. The van der Waals surface area contributed by atoms with E-state index in [2.05, 4.69) is 5.10 Å². The van der Waals surface area contributed by atoms with E-state index in [-0.39, 0.29) is 6.04 Å². The highest BCUT2D eigenvalue weighted by Crippen LogP contribution is 2.29. The van der Waals surface area contributed by atoms with E-state index in [1.165, 1.54) is 32.1 Å². The smallest absolute Gasteiger partial charge is 0.130 e. The fourth-order valence-electron chi connectivity index (χ4n) is 2.72. The molecule has 0 saturated heterocycles. The molecule has 0 aliphatic heterocycles. The Bertz CT molecular complexity index is 413. The van der Waals surface area contributed by atoms with Crippen molar-refractivity contribution in [3.8, 4) is 0 Å². The van der Waals surface area contributed by atoms with Gasteiger partial charge in [0.2, 0.25) is 0 Å². The summed E-state index contributed by atoms with van der Waals surface area (Å²) in [6.07, 6.45) is 7.75. The van der Waals surface area contributed by atoms with Gasteiger partial charge in [-0.05, 0) is 26.2 Å². The second-order valence-corrected chi connectivity index (χ2v) is 7.23. The first kappa shape index (κ1) is 15.2. The van der Waals surface area contributed by atoms with Crippen molar-refractivity contribution in [2.24, 2.45) is 12.8 Å². The van der Waals surface area contributed by atoms with Gasteiger partial charge in [0.05, 0.1) is 5.69 Å². The van der Waals surface area contributed by atoms with Gasteiger partial charge in [-0.15, -0.1) is 0 Å². The van der Waals surface area contributed by atoms with Crippen LogP contribution < -0.4 is 5.73 Å². The average Bonchev–Trinajstić information content (AvgIpc) is 2.64. The average molecular weight is 302 g/mol. The topological polar surface area (TPSA) is 43.8 Å². The van der Waals surface area contributed by atoms with Gasteiger partial charge in [0.15, 0.2) is 0 Å². The highest BCUT2D eigenvalue weighted by molar-refractivity contribution is 7.99. The first-order valence-corrected chi connectivity index (χ1v) is 8.55. The van der Waals surface area contributed by atoms with Crippen molar-refractivity contribution in [3.05, 3.63) is 16.4 Å². The van der Waals surface area contributed by atoms with E-state index in [0.29, 0.717) is 0 Å². The highest BCUT2D eigenvalue weighted by atomic mass is 35.5. The zero-order chi connectivity index (χ0) is 13.8. The minimum atomic E-state index is 0.173. The van der Waals surface area contributed by atoms with Crippen LogP contribution >= 0.6 is 23.4 Å². The second kappa shape index (κ2) is 7.00. The lowest BCUT2D eigenvalue weighted by molar-refractivity contribution is 0.515. The number of aryl methyl sites for hydroxylation is 2. The lowest BCUT2D eigenvalue weighted by Crippen LogP contribution is -2.27. The highest BCUT2D eigenvalue weighted by Gasteiger charge is 2.18. The van der Waals surface area contributed by atoms with Gasteiger partial charge in [0.25, 0.3) is 0 Å². The molecule has 0 radical (unpaired) electrons. The molecule has 1 aromatic rings. The number of nitrogens with two attached hydrogens (primary N) is 1. The zero-order valence-corrected chi connectivity index (χ0v) is 13.4. The largest absolute Gasteiger partial charge is 0.327 e. The number of rotatable bonds is 5. The van der Waals surface area contributed by atoms with Gasteiger partial charge in [0.1, 0.15) is 5.15 Å². The Labute approximate surface area is 125 Å². The molecule has 108 valence electrons. The van der Waals surface area contributed by atoms with E-state index < -0.39 is 0 Å². The van der Waals surface area contributed by atoms with Crippen molar-refractivity contribution in [3.63, 3.8) is 0 Å². The molecule has 2 rings (SSSR count). The molecule has 0 bridgehead atoms. The third-order valence-electron chi connectivity index (χ3n) is 3.83. The monoisotopic (exact) mass is 301 g/mol. The van der Waals surface area contributed by atoms with E-state index >= 15 is 0 Å². The first-order valence-electron chi connectivity index (χ1n) is 7.13. The van der Waals surface area contributed by atoms with Gasteiger partial charge in [-0.25, -0.2) is 0 Å². The molecule has 1 atom stereocenters. The second-order valence-electron chi connectivity index (χ2n) is 5.54. The van der Waals surface area contributed by atoms with Crippen molar-refractivity contribution in [2.75, 3.05) is 5.75 Å². The molecule has 1 saturated carbocycles. The van der Waals surface area contributed by atoms with Crippen LogP contribution in [0.4, 0.5) is 0 Å². The Balaban J connectivity index is 1.81. The molecule has 1 aromatic heterocycles. The lowest BCUT2D eigenvalue weighted by atomic mass is 10.0. The maximum atomic E-state index is 6.25. The van der Waals surface area contributed by atoms with E-state index in [1.807, 2.05) is 25.7 Å².